The molecule has 0 aromatic heterocycles. The number of nitrogens with one attached hydrogen (secondary N) is 1. The Morgan fingerprint density at radius 3 is 2.62 bits per heavy atom. The first-order chi connectivity index (χ1) is 9.69. The van der Waals surface area contributed by atoms with Crippen molar-refractivity contribution in [2.45, 2.75) is 24.8 Å². The monoisotopic (exact) mass is 350 g/mol. The van der Waals surface area contributed by atoms with E-state index in [-0.39, 0.29) is 21.5 Å². The largest absolute Gasteiger partial charge is 0.465 e. The Labute approximate surface area is 133 Å². The van der Waals surface area contributed by atoms with Crippen LogP contribution in [-0.2, 0) is 19.6 Å². The van der Waals surface area contributed by atoms with E-state index >= 15 is 0 Å². The van der Waals surface area contributed by atoms with Crippen LogP contribution < -0.4 is 10.5 Å². The summed E-state index contributed by atoms with van der Waals surface area (Å²) in [5, 5.41) is -0.0381. The van der Waals surface area contributed by atoms with E-state index in [0.29, 0.717) is 5.56 Å². The number of halogens is 1. The topological polar surface area (TPSA) is 98.5 Å². The molecular formula is C12H15ClN2O4S2. The Morgan fingerprint density at radius 2 is 2.14 bits per heavy atom. The summed E-state index contributed by atoms with van der Waals surface area (Å²) in [4.78, 5) is 11.4. The maximum atomic E-state index is 12.2. The van der Waals surface area contributed by atoms with Crippen molar-refractivity contribution in [1.29, 1.82) is 0 Å². The summed E-state index contributed by atoms with van der Waals surface area (Å²) in [5.74, 6) is -0.669. The molecule has 3 N–H and O–H groups in total. The second-order valence-electron chi connectivity index (χ2n) is 4.10. The summed E-state index contributed by atoms with van der Waals surface area (Å²) in [6.45, 7) is 3.17. The maximum absolute atomic E-state index is 12.2. The molecule has 1 aromatic rings. The second-order valence-corrected chi connectivity index (χ2v) is 6.63. The van der Waals surface area contributed by atoms with Gasteiger partial charge in [0.25, 0.3) is 0 Å². The molecule has 0 heterocycles. The Hall–Kier alpha value is -1.22. The van der Waals surface area contributed by atoms with Crippen LogP contribution in [0.2, 0.25) is 5.02 Å². The van der Waals surface area contributed by atoms with Gasteiger partial charge in [0.15, 0.2) is 0 Å². The molecule has 1 atom stereocenters. The van der Waals surface area contributed by atoms with Gasteiger partial charge in [-0.1, -0.05) is 29.9 Å². The number of esters is 1. The third kappa shape index (κ3) is 4.63. The first kappa shape index (κ1) is 17.8. The second kappa shape index (κ2) is 7.17. The molecule has 0 amide bonds. The number of ether oxygens (including phenoxy) is 1. The molecule has 1 unspecified atom stereocenters. The van der Waals surface area contributed by atoms with Crippen LogP contribution in [0.25, 0.3) is 0 Å². The van der Waals surface area contributed by atoms with E-state index in [1.807, 2.05) is 0 Å². The lowest BCUT2D eigenvalue weighted by Gasteiger charge is -2.14. The summed E-state index contributed by atoms with van der Waals surface area (Å²) in [5.41, 5.74) is 5.89. The molecule has 0 aliphatic rings. The van der Waals surface area contributed by atoms with Crippen molar-refractivity contribution in [3.8, 4) is 0 Å². The van der Waals surface area contributed by atoms with Crippen molar-refractivity contribution in [3.05, 3.63) is 28.8 Å². The zero-order chi connectivity index (χ0) is 16.2. The third-order valence-corrected chi connectivity index (χ3v) is 4.74. The van der Waals surface area contributed by atoms with Gasteiger partial charge in [-0.2, -0.15) is 4.72 Å². The van der Waals surface area contributed by atoms with Crippen molar-refractivity contribution < 1.29 is 17.9 Å². The predicted molar refractivity (Wildman–Crippen MR) is 83.8 cm³/mol. The van der Waals surface area contributed by atoms with Crippen molar-refractivity contribution in [3.63, 3.8) is 0 Å². The van der Waals surface area contributed by atoms with Crippen LogP contribution in [-0.4, -0.2) is 32.0 Å². The fraction of sp³-hybridized carbons (Fsp3) is 0.333. The highest BCUT2D eigenvalue weighted by molar-refractivity contribution is 7.89. The van der Waals surface area contributed by atoms with Gasteiger partial charge in [-0.25, -0.2) is 8.42 Å². The molecule has 0 radical (unpaired) electrons. The highest BCUT2D eigenvalue weighted by Gasteiger charge is 2.25. The minimum atomic E-state index is -3.96. The Balaban J connectivity index is 3.03. The number of hydrogen-bond acceptors (Lipinski definition) is 5. The number of thiocarbonyl (C=S) groups is 1. The number of rotatable bonds is 6. The van der Waals surface area contributed by atoms with Crippen LogP contribution >= 0.6 is 23.8 Å². The third-order valence-electron chi connectivity index (χ3n) is 2.48. The van der Waals surface area contributed by atoms with Crippen LogP contribution in [0.1, 0.15) is 19.4 Å². The van der Waals surface area contributed by atoms with E-state index in [2.05, 4.69) is 4.72 Å². The molecule has 0 fully saturated rings. The van der Waals surface area contributed by atoms with Gasteiger partial charge in [0.2, 0.25) is 10.0 Å². The summed E-state index contributed by atoms with van der Waals surface area (Å²) in [6.07, 6.45) is 0. The molecule has 116 valence electrons. The van der Waals surface area contributed by atoms with Gasteiger partial charge in [-0.05, 0) is 26.0 Å². The van der Waals surface area contributed by atoms with Crippen molar-refractivity contribution in [1.82, 2.24) is 4.72 Å². The summed E-state index contributed by atoms with van der Waals surface area (Å²) >= 11 is 10.7. The molecule has 21 heavy (non-hydrogen) atoms. The molecule has 9 heteroatoms. The van der Waals surface area contributed by atoms with Crippen molar-refractivity contribution >= 4 is 44.8 Å². The van der Waals surface area contributed by atoms with Crippen LogP contribution in [0.4, 0.5) is 0 Å². The number of hydrogen-bond donors (Lipinski definition) is 2. The van der Waals surface area contributed by atoms with Crippen LogP contribution in [0, 0.1) is 0 Å². The van der Waals surface area contributed by atoms with Gasteiger partial charge in [0, 0.05) is 5.56 Å². The van der Waals surface area contributed by atoms with Gasteiger partial charge in [-0.3, -0.25) is 4.79 Å². The van der Waals surface area contributed by atoms with Crippen molar-refractivity contribution in [2.75, 3.05) is 6.61 Å². The summed E-state index contributed by atoms with van der Waals surface area (Å²) < 4.78 is 31.3. The average Bonchev–Trinajstić information content (AvgIpc) is 2.37. The zero-order valence-electron chi connectivity index (χ0n) is 11.4. The van der Waals surface area contributed by atoms with Crippen molar-refractivity contribution in [2.24, 2.45) is 5.73 Å². The molecule has 0 saturated carbocycles. The summed E-state index contributed by atoms with van der Waals surface area (Å²) in [7, 11) is -3.96. The van der Waals surface area contributed by atoms with Crippen LogP contribution in [0.15, 0.2) is 23.1 Å². The molecule has 0 spiro atoms. The van der Waals surface area contributed by atoms with Gasteiger partial charge < -0.3 is 10.5 Å². The molecule has 0 bridgehead atoms. The number of carbonyl (C=O) groups is 1. The standard InChI is InChI=1S/C12H15ClN2O4S2/c1-3-19-12(16)7(2)15-21(17,18)10-5-4-8(11(14)20)6-9(10)13/h4-7,15H,3H2,1-2H3,(H2,14,20). The fourth-order valence-electron chi connectivity index (χ4n) is 1.48. The van der Waals surface area contributed by atoms with E-state index < -0.39 is 22.0 Å². The fourth-order valence-corrected chi connectivity index (χ4v) is 3.35. The molecule has 1 aromatic carbocycles. The van der Waals surface area contributed by atoms with Crippen LogP contribution in [0.3, 0.4) is 0 Å². The maximum Gasteiger partial charge on any atom is 0.323 e. The Morgan fingerprint density at radius 1 is 1.52 bits per heavy atom. The minimum absolute atomic E-state index is 0.0381. The molecule has 0 saturated heterocycles. The molecule has 0 aliphatic heterocycles. The molecule has 6 nitrogen and oxygen atoms in total. The average molecular weight is 351 g/mol. The van der Waals surface area contributed by atoms with Gasteiger partial charge in [0.05, 0.1) is 11.6 Å². The lowest BCUT2D eigenvalue weighted by molar-refractivity contribution is -0.144. The summed E-state index contributed by atoms with van der Waals surface area (Å²) in [6, 6.07) is 3.05. The van der Waals surface area contributed by atoms with E-state index in [1.54, 1.807) is 6.92 Å². The van der Waals surface area contributed by atoms with Gasteiger partial charge in [-0.15, -0.1) is 0 Å². The lowest BCUT2D eigenvalue weighted by atomic mass is 10.2. The van der Waals surface area contributed by atoms with E-state index in [1.165, 1.54) is 25.1 Å². The van der Waals surface area contributed by atoms with E-state index in [9.17, 15) is 13.2 Å². The number of carbonyl (C=O) groups excluding carboxylic acids is 1. The highest BCUT2D eigenvalue weighted by atomic mass is 35.5. The minimum Gasteiger partial charge on any atom is -0.465 e. The van der Waals surface area contributed by atoms with Crippen LogP contribution in [0.5, 0.6) is 0 Å². The normalized spacial score (nSPS) is 12.7. The smallest absolute Gasteiger partial charge is 0.323 e. The number of nitrogens with two attached hydrogens (primary N) is 1. The van der Waals surface area contributed by atoms with E-state index in [0.717, 1.165) is 0 Å². The number of benzene rings is 1. The zero-order valence-corrected chi connectivity index (χ0v) is 13.8. The molecular weight excluding hydrogens is 336 g/mol. The van der Waals surface area contributed by atoms with Gasteiger partial charge >= 0.3 is 5.97 Å². The SMILES string of the molecule is CCOC(=O)C(C)NS(=O)(=O)c1ccc(C(N)=S)cc1Cl. The van der Waals surface area contributed by atoms with Gasteiger partial charge in [0.1, 0.15) is 15.9 Å². The van der Waals surface area contributed by atoms with E-state index in [4.69, 9.17) is 34.3 Å². The Kier molecular flexibility index (Phi) is 6.09. The molecule has 0 aliphatic carbocycles. The first-order valence-corrected chi connectivity index (χ1v) is 8.24. The molecule has 1 rings (SSSR count). The first-order valence-electron chi connectivity index (χ1n) is 5.97. The Bertz CT molecular complexity index is 661. The number of sulfonamides is 1. The highest BCUT2D eigenvalue weighted by Crippen LogP contribution is 2.23. The lowest BCUT2D eigenvalue weighted by Crippen LogP contribution is -2.39. The predicted octanol–water partition coefficient (Wildman–Crippen LogP) is 1.20. The quantitative estimate of drug-likeness (QED) is 0.591.